The van der Waals surface area contributed by atoms with E-state index in [2.05, 4.69) is 16.8 Å². The van der Waals surface area contributed by atoms with Crippen molar-refractivity contribution in [2.45, 2.75) is 28.9 Å². The average Bonchev–Trinajstić information content (AvgIpc) is 2.81. The monoisotopic (exact) mass is 540 g/mol. The molecule has 0 unspecified atom stereocenters. The van der Waals surface area contributed by atoms with E-state index in [9.17, 15) is 44.3 Å². The molecule has 2 aromatic rings. The van der Waals surface area contributed by atoms with Crippen LogP contribution in [-0.2, 0) is 15.6 Å². The number of halogens is 7. The number of benzene rings is 1. The van der Waals surface area contributed by atoms with Gasteiger partial charge in [-0.15, -0.1) is 0 Å². The predicted octanol–water partition coefficient (Wildman–Crippen LogP) is 2.83. The van der Waals surface area contributed by atoms with E-state index in [0.29, 0.717) is 12.1 Å². The smallest absolute Gasteiger partial charge is 0.384 e. The van der Waals surface area contributed by atoms with Crippen molar-refractivity contribution in [1.29, 1.82) is 0 Å². The summed E-state index contributed by atoms with van der Waals surface area (Å²) in [5, 5.41) is 9.56. The zero-order valence-electron chi connectivity index (χ0n) is 18.2. The molecule has 1 atom stereocenters. The Morgan fingerprint density at radius 1 is 1.03 bits per heavy atom. The Balaban J connectivity index is 1.92. The fourth-order valence-electron chi connectivity index (χ4n) is 3.64. The molecular formula is C21H19F7N4O3S. The maximum absolute atomic E-state index is 13.2. The molecular weight excluding hydrogens is 521 g/mol. The van der Waals surface area contributed by atoms with Gasteiger partial charge in [0.15, 0.2) is 0 Å². The second-order valence-corrected chi connectivity index (χ2v) is 9.64. The minimum atomic E-state index is -6.04. The molecule has 3 N–H and O–H groups in total. The van der Waals surface area contributed by atoms with Gasteiger partial charge < -0.3 is 15.7 Å². The topological polar surface area (TPSA) is 99.8 Å². The molecule has 196 valence electrons. The quantitative estimate of drug-likeness (QED) is 0.457. The summed E-state index contributed by atoms with van der Waals surface area (Å²) in [4.78, 5) is 4.99. The van der Waals surface area contributed by atoms with Crippen molar-refractivity contribution in [2.24, 2.45) is 0 Å². The van der Waals surface area contributed by atoms with Crippen LogP contribution in [0.2, 0.25) is 0 Å². The Kier molecular flexibility index (Phi) is 7.45. The van der Waals surface area contributed by atoms with Gasteiger partial charge in [0.25, 0.3) is 5.60 Å². The lowest BCUT2D eigenvalue weighted by molar-refractivity contribution is -0.376. The van der Waals surface area contributed by atoms with Gasteiger partial charge >= 0.3 is 12.4 Å². The van der Waals surface area contributed by atoms with Crippen LogP contribution in [0.4, 0.5) is 42.2 Å². The molecule has 7 nitrogen and oxygen atoms in total. The van der Waals surface area contributed by atoms with Crippen LogP contribution in [0.5, 0.6) is 0 Å². The third-order valence-corrected chi connectivity index (χ3v) is 7.36. The molecule has 1 fully saturated rings. The minimum absolute atomic E-state index is 0.0740. The molecule has 0 amide bonds. The van der Waals surface area contributed by atoms with Gasteiger partial charge in [0.1, 0.15) is 23.4 Å². The Bertz CT molecular complexity index is 1220. The highest BCUT2D eigenvalue weighted by Crippen LogP contribution is 2.50. The van der Waals surface area contributed by atoms with E-state index in [1.807, 2.05) is 0 Å². The number of piperazine rings is 1. The number of nitrogen functional groups attached to an aromatic ring is 1. The highest BCUT2D eigenvalue weighted by molar-refractivity contribution is 7.89. The number of hydrogen-bond acceptors (Lipinski definition) is 6. The summed E-state index contributed by atoms with van der Waals surface area (Å²) in [5.41, 5.74) is -0.976. The number of aromatic nitrogens is 1. The van der Waals surface area contributed by atoms with Crippen molar-refractivity contribution < 1.29 is 44.3 Å². The lowest BCUT2D eigenvalue weighted by Crippen LogP contribution is -2.55. The lowest BCUT2D eigenvalue weighted by Gasteiger charge is -2.40. The molecule has 0 bridgehead atoms. The summed E-state index contributed by atoms with van der Waals surface area (Å²) in [6, 6.07) is 4.31. The number of pyridine rings is 1. The summed E-state index contributed by atoms with van der Waals surface area (Å²) in [5.74, 6) is 4.79. The second kappa shape index (κ2) is 9.75. The van der Waals surface area contributed by atoms with Crippen molar-refractivity contribution >= 4 is 21.5 Å². The van der Waals surface area contributed by atoms with Gasteiger partial charge in [0.2, 0.25) is 10.0 Å². The molecule has 1 aromatic heterocycles. The molecule has 1 aliphatic rings. The summed E-state index contributed by atoms with van der Waals surface area (Å²) >= 11 is 0. The molecule has 0 aliphatic carbocycles. The molecule has 3 rings (SSSR count). The van der Waals surface area contributed by atoms with E-state index in [1.165, 1.54) is 17.0 Å². The van der Waals surface area contributed by atoms with Crippen molar-refractivity contribution in [2.75, 3.05) is 36.9 Å². The predicted molar refractivity (Wildman–Crippen MR) is 115 cm³/mol. The Hall–Kier alpha value is -3.09. The Morgan fingerprint density at radius 3 is 2.14 bits per heavy atom. The summed E-state index contributed by atoms with van der Waals surface area (Å²) in [7, 11) is -4.06. The largest absolute Gasteiger partial charge is 0.430 e. The highest BCUT2D eigenvalue weighted by Gasteiger charge is 2.71. The second-order valence-electron chi connectivity index (χ2n) is 7.70. The van der Waals surface area contributed by atoms with Crippen molar-refractivity contribution in [3.63, 3.8) is 0 Å². The van der Waals surface area contributed by atoms with Gasteiger partial charge in [-0.3, -0.25) is 0 Å². The van der Waals surface area contributed by atoms with Gasteiger partial charge in [-0.2, -0.15) is 30.6 Å². The first-order valence-electron chi connectivity index (χ1n) is 10.1. The lowest BCUT2D eigenvalue weighted by atomic mass is 9.92. The summed E-state index contributed by atoms with van der Waals surface area (Å²) < 4.78 is 119. The standard InChI is InChI=1S/C21H19F7N4O3S/c22-9-1-2-16-13-31(36(34,35)17-7-8-18(29)30-12-17)10-11-32(16)15-5-3-14(4-6-15)19(33,20(23,24)25)21(26,27)28/h3-8,12,16,33H,9-11,13H2,(H2,29,30)/t16-/m0/s1. The Morgan fingerprint density at radius 2 is 1.64 bits per heavy atom. The molecule has 0 radical (unpaired) electrons. The number of sulfonamides is 1. The van der Waals surface area contributed by atoms with Crippen LogP contribution < -0.4 is 10.6 Å². The number of hydrogen-bond donors (Lipinski definition) is 2. The van der Waals surface area contributed by atoms with E-state index in [4.69, 9.17) is 5.73 Å². The van der Waals surface area contributed by atoms with E-state index in [0.717, 1.165) is 22.6 Å². The van der Waals surface area contributed by atoms with Crippen molar-refractivity contribution in [3.05, 3.63) is 48.2 Å². The molecule has 36 heavy (non-hydrogen) atoms. The van der Waals surface area contributed by atoms with Crippen molar-refractivity contribution in [1.82, 2.24) is 9.29 Å². The first-order valence-corrected chi connectivity index (χ1v) is 11.6. The van der Waals surface area contributed by atoms with Gasteiger partial charge in [0, 0.05) is 37.1 Å². The van der Waals surface area contributed by atoms with Crippen LogP contribution in [0, 0.1) is 11.8 Å². The highest BCUT2D eigenvalue weighted by atomic mass is 32.2. The zero-order valence-corrected chi connectivity index (χ0v) is 19.0. The number of nitrogens with two attached hydrogens (primary N) is 1. The van der Waals surface area contributed by atoms with Gasteiger partial charge in [0.05, 0.1) is 0 Å². The average molecular weight is 540 g/mol. The molecule has 0 spiro atoms. The van der Waals surface area contributed by atoms with Gasteiger partial charge in [-0.25, -0.2) is 17.8 Å². The fourth-order valence-corrected chi connectivity index (χ4v) is 5.02. The van der Waals surface area contributed by atoms with E-state index < -0.39 is 46.3 Å². The van der Waals surface area contributed by atoms with Crippen LogP contribution in [0.25, 0.3) is 0 Å². The molecule has 15 heteroatoms. The molecule has 1 aromatic carbocycles. The van der Waals surface area contributed by atoms with E-state index >= 15 is 0 Å². The number of aliphatic hydroxyl groups is 1. The Labute approximate surface area is 201 Å². The van der Waals surface area contributed by atoms with Crippen LogP contribution in [-0.4, -0.2) is 67.5 Å². The summed E-state index contributed by atoms with van der Waals surface area (Å²) in [6.45, 7) is -1.55. The zero-order chi connectivity index (χ0) is 26.9. The van der Waals surface area contributed by atoms with Gasteiger partial charge in [-0.05, 0) is 24.3 Å². The number of nitrogens with zero attached hydrogens (tertiary/aromatic N) is 3. The normalized spacial score (nSPS) is 18.0. The van der Waals surface area contributed by atoms with E-state index in [1.54, 1.807) is 0 Å². The SMILES string of the molecule is Nc1ccc(S(=O)(=O)N2CCN(c3ccc(C(O)(C(F)(F)F)C(F)(F)F)cc3)[C@@H](C#CCF)C2)cn1. The van der Waals surface area contributed by atoms with Crippen LogP contribution in [0.15, 0.2) is 47.5 Å². The third kappa shape index (κ3) is 5.06. The van der Waals surface area contributed by atoms with Crippen LogP contribution >= 0.6 is 0 Å². The van der Waals surface area contributed by atoms with Crippen LogP contribution in [0.1, 0.15) is 5.56 Å². The molecule has 1 aliphatic heterocycles. The minimum Gasteiger partial charge on any atom is -0.384 e. The maximum atomic E-state index is 13.2. The molecule has 1 saturated heterocycles. The third-order valence-electron chi connectivity index (χ3n) is 5.51. The molecule has 0 saturated carbocycles. The van der Waals surface area contributed by atoms with Gasteiger partial charge in [-0.1, -0.05) is 24.0 Å². The number of rotatable bonds is 4. The first-order chi connectivity index (χ1) is 16.6. The first kappa shape index (κ1) is 27.5. The van der Waals surface area contributed by atoms with Crippen LogP contribution in [0.3, 0.4) is 0 Å². The number of alkyl halides is 7. The fraction of sp³-hybridized carbons (Fsp3) is 0.381. The maximum Gasteiger partial charge on any atom is 0.430 e. The van der Waals surface area contributed by atoms with E-state index in [-0.39, 0.29) is 36.0 Å². The number of anilines is 2. The summed E-state index contributed by atoms with van der Waals surface area (Å²) in [6.07, 6.45) is -11.0. The van der Waals surface area contributed by atoms with Crippen molar-refractivity contribution in [3.8, 4) is 11.8 Å². The molecule has 2 heterocycles.